The Morgan fingerprint density at radius 1 is 1.03 bits per heavy atom. The largest absolute Gasteiger partial charge is 0.399 e. The number of nitrogens with zero attached hydrogens (tertiary/aromatic N) is 6. The summed E-state index contributed by atoms with van der Waals surface area (Å²) < 4.78 is 0. The highest BCUT2D eigenvalue weighted by Crippen LogP contribution is 2.31. The Morgan fingerprint density at radius 2 is 1.80 bits per heavy atom. The van der Waals surface area contributed by atoms with Crippen LogP contribution in [0.15, 0.2) is 36.9 Å². The van der Waals surface area contributed by atoms with Crippen molar-refractivity contribution in [1.82, 2.24) is 29.8 Å². The second-order valence-electron chi connectivity index (χ2n) is 9.45. The number of piperidine rings is 1. The molecule has 0 bridgehead atoms. The fourth-order valence-corrected chi connectivity index (χ4v) is 5.43. The fourth-order valence-electron chi connectivity index (χ4n) is 5.43. The minimum absolute atomic E-state index is 0.336. The third-order valence-electron chi connectivity index (χ3n) is 7.44. The van der Waals surface area contributed by atoms with Gasteiger partial charge < -0.3 is 25.5 Å². The Morgan fingerprint density at radius 3 is 2.60 bits per heavy atom. The Kier molecular flexibility index (Phi) is 5.73. The zero-order valence-electron chi connectivity index (χ0n) is 20.2. The molecule has 0 atom stereocenters. The van der Waals surface area contributed by atoms with E-state index in [-0.39, 0.29) is 0 Å². The lowest BCUT2D eigenvalue weighted by Gasteiger charge is -2.35. The summed E-state index contributed by atoms with van der Waals surface area (Å²) in [7, 11) is 0. The number of likely N-dealkylation sites (tertiary alicyclic amines) is 1. The third kappa shape index (κ3) is 4.18. The number of hydrogen-bond acceptors (Lipinski definition) is 7. The standard InChI is InChI=1S/C25H32N10/c1-2-33-11-7-19(8-12-33)35(18-5-3-17(26)4-6-18)25-31-23-22(29-16-30-23)24(32-25)34-13-9-20-21(10-14-34)28-15-27-20/h3-6,15-16,19H,2,7-14,26H2,1H3,(H,27,28)(H,29,30,31,32)/p+1. The number of nitrogen functional groups attached to an aromatic ring is 1. The van der Waals surface area contributed by atoms with E-state index in [0.29, 0.717) is 6.04 Å². The molecule has 0 aliphatic carbocycles. The Bertz CT molecular complexity index is 1260. The lowest BCUT2D eigenvalue weighted by Crippen LogP contribution is -2.45. The number of hydrogen-bond donors (Lipinski definition) is 3. The van der Waals surface area contributed by atoms with Gasteiger partial charge in [-0.15, -0.1) is 0 Å². The summed E-state index contributed by atoms with van der Waals surface area (Å²) >= 11 is 0. The van der Waals surface area contributed by atoms with Crippen molar-refractivity contribution >= 4 is 34.3 Å². The molecule has 6 rings (SSSR count). The summed E-state index contributed by atoms with van der Waals surface area (Å²) in [4.78, 5) is 31.7. The molecule has 2 aliphatic heterocycles. The number of imidazole rings is 2. The van der Waals surface area contributed by atoms with Crippen molar-refractivity contribution in [3.63, 3.8) is 0 Å². The van der Waals surface area contributed by atoms with Crippen LogP contribution in [0.4, 0.5) is 23.1 Å². The molecule has 10 heteroatoms. The van der Waals surface area contributed by atoms with Crippen LogP contribution in [0.2, 0.25) is 0 Å². The number of fused-ring (bicyclic) bond motifs is 2. The third-order valence-corrected chi connectivity index (χ3v) is 7.44. The van der Waals surface area contributed by atoms with Gasteiger partial charge in [0.15, 0.2) is 5.52 Å². The molecule has 0 radical (unpaired) electrons. The van der Waals surface area contributed by atoms with Gasteiger partial charge in [-0.1, -0.05) is 11.9 Å². The molecule has 5 N–H and O–H groups in total. The molecular weight excluding hydrogens is 440 g/mol. The second kappa shape index (κ2) is 9.18. The quantitative estimate of drug-likeness (QED) is 0.380. The summed E-state index contributed by atoms with van der Waals surface area (Å²) in [6.45, 7) is 7.26. The topological polar surface area (TPSA) is 120 Å². The molecule has 3 aromatic heterocycles. The zero-order valence-corrected chi connectivity index (χ0v) is 20.2. The molecule has 10 nitrogen and oxygen atoms in total. The summed E-state index contributed by atoms with van der Waals surface area (Å²) in [6, 6.07) is 8.45. The SMILES string of the molecule is CCN1CCC(N(c2ccc(N)cc2)c2nc3nc[nH]c3c(N3CCc4nc[nH]c4CC3)[nH+]2)CC1. The second-order valence-corrected chi connectivity index (χ2v) is 9.45. The van der Waals surface area contributed by atoms with Crippen LogP contribution in [0.1, 0.15) is 31.2 Å². The van der Waals surface area contributed by atoms with Crippen LogP contribution in [-0.2, 0) is 12.8 Å². The van der Waals surface area contributed by atoms with E-state index in [1.165, 1.54) is 5.69 Å². The van der Waals surface area contributed by atoms with E-state index in [1.54, 1.807) is 12.7 Å². The van der Waals surface area contributed by atoms with Gasteiger partial charge in [0.05, 0.1) is 43.2 Å². The number of nitrogens with one attached hydrogen (secondary N) is 3. The van der Waals surface area contributed by atoms with E-state index in [2.05, 4.69) is 58.7 Å². The first-order valence-corrected chi connectivity index (χ1v) is 12.6. The summed E-state index contributed by atoms with van der Waals surface area (Å²) in [5, 5.41) is 0. The van der Waals surface area contributed by atoms with Crippen LogP contribution in [-0.4, -0.2) is 68.6 Å². The maximum Gasteiger partial charge on any atom is 0.354 e. The van der Waals surface area contributed by atoms with Crippen molar-refractivity contribution in [1.29, 1.82) is 0 Å². The van der Waals surface area contributed by atoms with Crippen molar-refractivity contribution in [2.75, 3.05) is 48.3 Å². The van der Waals surface area contributed by atoms with E-state index >= 15 is 0 Å². The highest BCUT2D eigenvalue weighted by Gasteiger charge is 2.33. The predicted molar refractivity (Wildman–Crippen MR) is 137 cm³/mol. The van der Waals surface area contributed by atoms with Crippen molar-refractivity contribution in [2.45, 2.75) is 38.6 Å². The molecule has 2 aliphatic rings. The number of benzene rings is 1. The highest BCUT2D eigenvalue weighted by molar-refractivity contribution is 5.82. The van der Waals surface area contributed by atoms with Gasteiger partial charge in [0.2, 0.25) is 11.5 Å². The minimum Gasteiger partial charge on any atom is -0.399 e. The Balaban J connectivity index is 1.40. The molecule has 0 unspecified atom stereocenters. The summed E-state index contributed by atoms with van der Waals surface area (Å²) in [5.74, 6) is 1.85. The predicted octanol–water partition coefficient (Wildman–Crippen LogP) is 2.30. The number of rotatable bonds is 5. The van der Waals surface area contributed by atoms with Crippen molar-refractivity contribution < 1.29 is 4.98 Å². The first-order chi connectivity index (χ1) is 17.2. The van der Waals surface area contributed by atoms with Gasteiger partial charge >= 0.3 is 5.95 Å². The Hall–Kier alpha value is -3.66. The van der Waals surface area contributed by atoms with Gasteiger partial charge in [-0.2, -0.15) is 0 Å². The molecule has 0 amide bonds. The maximum atomic E-state index is 6.03. The van der Waals surface area contributed by atoms with E-state index in [4.69, 9.17) is 10.7 Å². The molecule has 0 saturated carbocycles. The van der Waals surface area contributed by atoms with Crippen LogP contribution >= 0.6 is 0 Å². The molecule has 0 spiro atoms. The monoisotopic (exact) mass is 473 g/mol. The van der Waals surface area contributed by atoms with Crippen LogP contribution in [0.5, 0.6) is 0 Å². The molecule has 4 aromatic rings. The first kappa shape index (κ1) is 21.8. The van der Waals surface area contributed by atoms with Crippen molar-refractivity contribution in [3.8, 4) is 0 Å². The normalized spacial score (nSPS) is 17.5. The number of aromatic amines is 3. The molecule has 1 aromatic carbocycles. The highest BCUT2D eigenvalue weighted by atomic mass is 15.3. The lowest BCUT2D eigenvalue weighted by molar-refractivity contribution is -0.352. The fraction of sp³-hybridized carbons (Fsp3) is 0.440. The van der Waals surface area contributed by atoms with E-state index in [9.17, 15) is 0 Å². The molecule has 1 saturated heterocycles. The first-order valence-electron chi connectivity index (χ1n) is 12.6. The van der Waals surface area contributed by atoms with Crippen LogP contribution in [0.25, 0.3) is 11.2 Å². The van der Waals surface area contributed by atoms with Crippen molar-refractivity contribution in [3.05, 3.63) is 48.3 Å². The van der Waals surface area contributed by atoms with Gasteiger partial charge in [0.25, 0.3) is 0 Å². The smallest absolute Gasteiger partial charge is 0.354 e. The number of nitrogens with two attached hydrogens (primary N) is 1. The molecule has 1 fully saturated rings. The van der Waals surface area contributed by atoms with E-state index < -0.39 is 0 Å². The summed E-state index contributed by atoms with van der Waals surface area (Å²) in [5.41, 5.74) is 11.9. The van der Waals surface area contributed by atoms with Crippen LogP contribution in [0.3, 0.4) is 0 Å². The van der Waals surface area contributed by atoms with E-state index in [0.717, 1.165) is 98.4 Å². The van der Waals surface area contributed by atoms with Crippen molar-refractivity contribution in [2.24, 2.45) is 0 Å². The molecule has 182 valence electrons. The maximum absolute atomic E-state index is 6.03. The van der Waals surface area contributed by atoms with Crippen LogP contribution < -0.4 is 20.5 Å². The molecule has 35 heavy (non-hydrogen) atoms. The average Bonchev–Trinajstić information content (AvgIpc) is 3.51. The summed E-state index contributed by atoms with van der Waals surface area (Å²) in [6.07, 6.45) is 7.51. The van der Waals surface area contributed by atoms with Gasteiger partial charge in [-0.25, -0.2) is 19.9 Å². The van der Waals surface area contributed by atoms with Gasteiger partial charge in [-0.05, 0) is 43.7 Å². The van der Waals surface area contributed by atoms with Gasteiger partial charge in [-0.3, -0.25) is 0 Å². The van der Waals surface area contributed by atoms with E-state index in [1.807, 2.05) is 12.1 Å². The number of aromatic nitrogens is 6. The van der Waals surface area contributed by atoms with Gasteiger partial charge in [0.1, 0.15) is 0 Å². The minimum atomic E-state index is 0.336. The number of anilines is 4. The number of H-pyrrole nitrogens is 3. The Labute approximate surface area is 204 Å². The zero-order chi connectivity index (χ0) is 23.8. The molecular formula is C25H33N10+. The molecule has 5 heterocycles. The van der Waals surface area contributed by atoms with Gasteiger partial charge in [0, 0.05) is 37.3 Å². The van der Waals surface area contributed by atoms with Crippen LogP contribution in [0, 0.1) is 0 Å². The average molecular weight is 474 g/mol. The lowest BCUT2D eigenvalue weighted by atomic mass is 10.0.